The maximum atomic E-state index is 4.42. The molecule has 0 saturated heterocycles. The molecule has 0 saturated carbocycles. The summed E-state index contributed by atoms with van der Waals surface area (Å²) in [4.78, 5) is 4.42. The number of benzene rings is 1. The Hall–Kier alpha value is -1.00. The quantitative estimate of drug-likeness (QED) is 0.621. The Morgan fingerprint density at radius 3 is 2.71 bits per heavy atom. The fourth-order valence-corrected chi connectivity index (χ4v) is 2.49. The molecule has 1 heterocycles. The summed E-state index contributed by atoms with van der Waals surface area (Å²) in [6.07, 6.45) is 5.84. The van der Waals surface area contributed by atoms with Crippen molar-refractivity contribution in [2.24, 2.45) is 0 Å². The molecular formula is C13H13BrN2S. The molecule has 0 aliphatic carbocycles. The third kappa shape index (κ3) is 2.64. The lowest BCUT2D eigenvalue weighted by Crippen LogP contribution is -1.99. The molecular weight excluding hydrogens is 296 g/mol. The summed E-state index contributed by atoms with van der Waals surface area (Å²) in [6.45, 7) is 4.57. The lowest BCUT2D eigenvalue weighted by molar-refractivity contribution is 0.733. The molecule has 88 valence electrons. The van der Waals surface area contributed by atoms with Crippen LogP contribution in [0.3, 0.4) is 0 Å². The molecule has 1 aromatic heterocycles. The third-order valence-electron chi connectivity index (χ3n) is 2.45. The van der Waals surface area contributed by atoms with Crippen LogP contribution >= 0.6 is 27.7 Å². The largest absolute Gasteiger partial charge is 0.315 e. The first-order valence-corrected chi connectivity index (χ1v) is 7.24. The predicted molar refractivity (Wildman–Crippen MR) is 77.3 cm³/mol. The highest BCUT2D eigenvalue weighted by atomic mass is 79.9. The molecule has 0 aliphatic rings. The van der Waals surface area contributed by atoms with Crippen LogP contribution in [0.25, 0.3) is 11.3 Å². The molecule has 0 atom stereocenters. The standard InChI is InChI=1S/C13H13BrN2S/c1-3-8-16-12(9-15-13(16)17-2)10-4-6-11(14)7-5-10/h3-7,9H,1,8H2,2H3. The fraction of sp³-hybridized carbons (Fsp3) is 0.154. The van der Waals surface area contributed by atoms with E-state index in [0.29, 0.717) is 0 Å². The van der Waals surface area contributed by atoms with Crippen LogP contribution in [-0.4, -0.2) is 15.8 Å². The van der Waals surface area contributed by atoms with Gasteiger partial charge >= 0.3 is 0 Å². The number of allylic oxidation sites excluding steroid dienone is 1. The van der Waals surface area contributed by atoms with E-state index in [4.69, 9.17) is 0 Å². The number of nitrogens with zero attached hydrogens (tertiary/aromatic N) is 2. The molecule has 4 heteroatoms. The normalized spacial score (nSPS) is 10.5. The van der Waals surface area contributed by atoms with Crippen molar-refractivity contribution in [3.05, 3.63) is 47.6 Å². The molecule has 2 nitrogen and oxygen atoms in total. The molecule has 0 unspecified atom stereocenters. The van der Waals surface area contributed by atoms with Crippen LogP contribution in [0, 0.1) is 0 Å². The van der Waals surface area contributed by atoms with Crippen molar-refractivity contribution in [2.75, 3.05) is 6.26 Å². The molecule has 0 N–H and O–H groups in total. The van der Waals surface area contributed by atoms with Gasteiger partial charge in [-0.25, -0.2) is 4.98 Å². The summed E-state index contributed by atoms with van der Waals surface area (Å²) in [5.41, 5.74) is 2.30. The average Bonchev–Trinajstić information content (AvgIpc) is 2.74. The van der Waals surface area contributed by atoms with E-state index < -0.39 is 0 Å². The van der Waals surface area contributed by atoms with Crippen LogP contribution in [0.2, 0.25) is 0 Å². The van der Waals surface area contributed by atoms with Crippen molar-refractivity contribution in [3.8, 4) is 11.3 Å². The van der Waals surface area contributed by atoms with Gasteiger partial charge in [0.2, 0.25) is 0 Å². The van der Waals surface area contributed by atoms with Crippen LogP contribution < -0.4 is 0 Å². The van der Waals surface area contributed by atoms with Gasteiger partial charge in [0.05, 0.1) is 11.9 Å². The molecule has 0 aliphatic heterocycles. The minimum absolute atomic E-state index is 0.779. The Morgan fingerprint density at radius 1 is 1.41 bits per heavy atom. The number of halogens is 1. The van der Waals surface area contributed by atoms with Gasteiger partial charge in [-0.3, -0.25) is 0 Å². The Balaban J connectivity index is 2.47. The van der Waals surface area contributed by atoms with E-state index in [0.717, 1.165) is 21.9 Å². The smallest absolute Gasteiger partial charge is 0.168 e. The second-order valence-electron chi connectivity index (χ2n) is 3.54. The lowest BCUT2D eigenvalue weighted by Gasteiger charge is -2.08. The number of hydrogen-bond acceptors (Lipinski definition) is 2. The number of hydrogen-bond donors (Lipinski definition) is 0. The van der Waals surface area contributed by atoms with Gasteiger partial charge in [-0.15, -0.1) is 6.58 Å². The first-order valence-electron chi connectivity index (χ1n) is 5.22. The number of thioether (sulfide) groups is 1. The van der Waals surface area contributed by atoms with Crippen molar-refractivity contribution in [1.82, 2.24) is 9.55 Å². The zero-order valence-electron chi connectivity index (χ0n) is 9.56. The van der Waals surface area contributed by atoms with Crippen LogP contribution in [-0.2, 0) is 6.54 Å². The molecule has 1 aromatic carbocycles. The van der Waals surface area contributed by atoms with Gasteiger partial charge in [0.15, 0.2) is 5.16 Å². The van der Waals surface area contributed by atoms with E-state index in [9.17, 15) is 0 Å². The zero-order valence-corrected chi connectivity index (χ0v) is 12.0. The van der Waals surface area contributed by atoms with Gasteiger partial charge in [-0.1, -0.05) is 45.9 Å². The summed E-state index contributed by atoms with van der Waals surface area (Å²) >= 11 is 5.09. The fourth-order valence-electron chi connectivity index (χ4n) is 1.68. The van der Waals surface area contributed by atoms with Crippen molar-refractivity contribution < 1.29 is 0 Å². The Kier molecular flexibility index (Phi) is 4.07. The van der Waals surface area contributed by atoms with Crippen molar-refractivity contribution in [1.29, 1.82) is 0 Å². The highest BCUT2D eigenvalue weighted by Gasteiger charge is 2.09. The van der Waals surface area contributed by atoms with Gasteiger partial charge in [-0.05, 0) is 24.0 Å². The molecule has 2 aromatic rings. The summed E-state index contributed by atoms with van der Waals surface area (Å²) in [7, 11) is 0. The zero-order chi connectivity index (χ0) is 12.3. The Labute approximate surface area is 114 Å². The van der Waals surface area contributed by atoms with E-state index in [2.05, 4.69) is 44.2 Å². The Bertz CT molecular complexity index is 517. The topological polar surface area (TPSA) is 17.8 Å². The molecule has 2 rings (SSSR count). The summed E-state index contributed by atoms with van der Waals surface area (Å²) < 4.78 is 3.25. The average molecular weight is 309 g/mol. The van der Waals surface area contributed by atoms with Gasteiger partial charge in [0.1, 0.15) is 0 Å². The van der Waals surface area contributed by atoms with Crippen molar-refractivity contribution >= 4 is 27.7 Å². The molecule has 0 radical (unpaired) electrons. The Morgan fingerprint density at radius 2 is 2.12 bits per heavy atom. The molecule has 0 amide bonds. The van der Waals surface area contributed by atoms with Crippen molar-refractivity contribution in [3.63, 3.8) is 0 Å². The molecule has 17 heavy (non-hydrogen) atoms. The number of imidazole rings is 1. The number of rotatable bonds is 4. The third-order valence-corrected chi connectivity index (χ3v) is 3.67. The summed E-state index contributed by atoms with van der Waals surface area (Å²) in [5, 5.41) is 1.02. The maximum Gasteiger partial charge on any atom is 0.168 e. The summed E-state index contributed by atoms with van der Waals surface area (Å²) in [5.74, 6) is 0. The first kappa shape index (κ1) is 12.5. The van der Waals surface area contributed by atoms with E-state index >= 15 is 0 Å². The van der Waals surface area contributed by atoms with E-state index in [-0.39, 0.29) is 0 Å². The van der Waals surface area contributed by atoms with Crippen LogP contribution in [0.5, 0.6) is 0 Å². The number of aromatic nitrogens is 2. The van der Waals surface area contributed by atoms with E-state index in [1.54, 1.807) is 11.8 Å². The second kappa shape index (κ2) is 5.56. The summed E-state index contributed by atoms with van der Waals surface area (Å²) in [6, 6.07) is 8.26. The van der Waals surface area contributed by atoms with Crippen molar-refractivity contribution in [2.45, 2.75) is 11.7 Å². The van der Waals surface area contributed by atoms with Gasteiger partial charge in [-0.2, -0.15) is 0 Å². The predicted octanol–water partition coefficient (Wildman–Crippen LogP) is 4.22. The molecule has 0 fully saturated rings. The minimum Gasteiger partial charge on any atom is -0.315 e. The molecule has 0 spiro atoms. The highest BCUT2D eigenvalue weighted by Crippen LogP contribution is 2.26. The van der Waals surface area contributed by atoms with Crippen LogP contribution in [0.4, 0.5) is 0 Å². The highest BCUT2D eigenvalue weighted by molar-refractivity contribution is 9.10. The molecule has 0 bridgehead atoms. The van der Waals surface area contributed by atoms with Crippen LogP contribution in [0.15, 0.2) is 52.7 Å². The van der Waals surface area contributed by atoms with Gasteiger partial charge in [0, 0.05) is 11.0 Å². The van der Waals surface area contributed by atoms with E-state index in [1.165, 1.54) is 5.56 Å². The maximum absolute atomic E-state index is 4.42. The minimum atomic E-state index is 0.779. The van der Waals surface area contributed by atoms with Gasteiger partial charge < -0.3 is 4.57 Å². The van der Waals surface area contributed by atoms with Gasteiger partial charge in [0.25, 0.3) is 0 Å². The second-order valence-corrected chi connectivity index (χ2v) is 5.23. The first-order chi connectivity index (χ1) is 8.26. The van der Waals surface area contributed by atoms with Crippen LogP contribution in [0.1, 0.15) is 0 Å². The van der Waals surface area contributed by atoms with E-state index in [1.807, 2.05) is 30.7 Å². The SMILES string of the molecule is C=CCn1c(-c2ccc(Br)cc2)cnc1SC. The monoisotopic (exact) mass is 308 g/mol. The lowest BCUT2D eigenvalue weighted by atomic mass is 10.2.